The molecule has 1 N–H and O–H groups in total. The molecule has 6 heteroatoms. The van der Waals surface area contributed by atoms with E-state index in [0.717, 1.165) is 12.1 Å². The number of likely N-dealkylation sites (tertiary alicyclic amines) is 1. The van der Waals surface area contributed by atoms with Crippen LogP contribution in [0.3, 0.4) is 0 Å². The summed E-state index contributed by atoms with van der Waals surface area (Å²) in [5, 5.41) is 9.05. The van der Waals surface area contributed by atoms with Crippen molar-refractivity contribution in [1.29, 1.82) is 0 Å². The fraction of sp³-hybridized carbons (Fsp3) is 0.462. The Bertz CT molecular complexity index is 510. The van der Waals surface area contributed by atoms with Crippen LogP contribution in [0, 0.1) is 17.6 Å². The summed E-state index contributed by atoms with van der Waals surface area (Å²) in [5.41, 5.74) is -0.270. The number of benzene rings is 1. The number of carbonyl (C=O) groups excluding carboxylic acids is 1. The molecule has 104 valence electrons. The van der Waals surface area contributed by atoms with Gasteiger partial charge in [-0.1, -0.05) is 18.5 Å². The molecule has 0 aromatic heterocycles. The van der Waals surface area contributed by atoms with E-state index >= 15 is 0 Å². The van der Waals surface area contributed by atoms with Crippen LogP contribution in [0.1, 0.15) is 23.7 Å². The molecule has 2 atom stereocenters. The number of hydrogen-bond acceptors (Lipinski definition) is 2. The third-order valence-electron chi connectivity index (χ3n) is 3.47. The zero-order valence-corrected chi connectivity index (χ0v) is 11.1. The Morgan fingerprint density at radius 2 is 2.16 bits per heavy atom. The van der Waals surface area contributed by atoms with Crippen molar-refractivity contribution in [3.05, 3.63) is 34.4 Å². The predicted molar refractivity (Wildman–Crippen MR) is 67.1 cm³/mol. The van der Waals surface area contributed by atoms with Gasteiger partial charge in [-0.2, -0.15) is 0 Å². The molecular formula is C13H14ClF2NO2. The van der Waals surface area contributed by atoms with Crippen LogP contribution in [-0.2, 0) is 0 Å². The van der Waals surface area contributed by atoms with Gasteiger partial charge in [-0.3, -0.25) is 4.79 Å². The lowest BCUT2D eigenvalue weighted by atomic mass is 9.95. The van der Waals surface area contributed by atoms with Crippen molar-refractivity contribution in [1.82, 2.24) is 4.90 Å². The molecule has 0 bridgehead atoms. The van der Waals surface area contributed by atoms with Crippen molar-refractivity contribution in [3.8, 4) is 0 Å². The molecule has 19 heavy (non-hydrogen) atoms. The molecule has 0 aliphatic carbocycles. The van der Waals surface area contributed by atoms with Crippen LogP contribution in [0.2, 0.25) is 5.02 Å². The van der Waals surface area contributed by atoms with E-state index in [9.17, 15) is 18.7 Å². The SMILES string of the molecule is C[C@@H]1CCN(C(=O)c2ccc(F)c(Cl)c2F)C[C@@H]1O. The molecule has 0 saturated carbocycles. The summed E-state index contributed by atoms with van der Waals surface area (Å²) in [4.78, 5) is 13.5. The molecule has 3 nitrogen and oxygen atoms in total. The maximum atomic E-state index is 13.8. The number of nitrogens with zero attached hydrogens (tertiary/aromatic N) is 1. The van der Waals surface area contributed by atoms with Gasteiger partial charge in [0, 0.05) is 13.1 Å². The Balaban J connectivity index is 2.23. The normalized spacial score (nSPS) is 23.5. The Kier molecular flexibility index (Phi) is 4.06. The Hall–Kier alpha value is -1.20. The van der Waals surface area contributed by atoms with Crippen LogP contribution in [0.15, 0.2) is 12.1 Å². The highest BCUT2D eigenvalue weighted by molar-refractivity contribution is 6.31. The van der Waals surface area contributed by atoms with Crippen LogP contribution < -0.4 is 0 Å². The van der Waals surface area contributed by atoms with E-state index in [1.54, 1.807) is 0 Å². The molecule has 1 aliphatic rings. The monoisotopic (exact) mass is 289 g/mol. The summed E-state index contributed by atoms with van der Waals surface area (Å²) in [6, 6.07) is 2.03. The van der Waals surface area contributed by atoms with Crippen molar-refractivity contribution in [3.63, 3.8) is 0 Å². The molecular weight excluding hydrogens is 276 g/mol. The van der Waals surface area contributed by atoms with E-state index in [4.69, 9.17) is 11.6 Å². The van der Waals surface area contributed by atoms with Gasteiger partial charge in [0.05, 0.1) is 11.7 Å². The molecule has 0 spiro atoms. The van der Waals surface area contributed by atoms with Crippen LogP contribution in [0.5, 0.6) is 0 Å². The molecule has 1 aliphatic heterocycles. The van der Waals surface area contributed by atoms with E-state index in [-0.39, 0.29) is 18.0 Å². The summed E-state index contributed by atoms with van der Waals surface area (Å²) in [5.74, 6) is -2.43. The van der Waals surface area contributed by atoms with E-state index in [0.29, 0.717) is 13.0 Å². The summed E-state index contributed by atoms with van der Waals surface area (Å²) in [7, 11) is 0. The first kappa shape index (κ1) is 14.2. The standard InChI is InChI=1S/C13H14ClF2NO2/c1-7-4-5-17(6-10(7)18)13(19)8-2-3-9(15)11(14)12(8)16/h2-3,7,10,18H,4-6H2,1H3/t7-,10+/m1/s1. The highest BCUT2D eigenvalue weighted by Gasteiger charge is 2.29. The molecule has 1 amide bonds. The first-order chi connectivity index (χ1) is 8.91. The molecule has 1 aromatic rings. The predicted octanol–water partition coefficient (Wildman–Crippen LogP) is 2.46. The van der Waals surface area contributed by atoms with Crippen molar-refractivity contribution in [2.75, 3.05) is 13.1 Å². The van der Waals surface area contributed by atoms with Crippen LogP contribution in [0.4, 0.5) is 8.78 Å². The summed E-state index contributed by atoms with van der Waals surface area (Å²) in [6.45, 7) is 2.47. The van der Waals surface area contributed by atoms with E-state index in [2.05, 4.69) is 0 Å². The average Bonchev–Trinajstić information content (AvgIpc) is 2.39. The highest BCUT2D eigenvalue weighted by Crippen LogP contribution is 2.25. The van der Waals surface area contributed by atoms with Crippen LogP contribution in [0.25, 0.3) is 0 Å². The lowest BCUT2D eigenvalue weighted by Gasteiger charge is -2.34. The van der Waals surface area contributed by atoms with Crippen LogP contribution >= 0.6 is 11.6 Å². The van der Waals surface area contributed by atoms with Crippen molar-refractivity contribution in [2.24, 2.45) is 5.92 Å². The smallest absolute Gasteiger partial charge is 0.256 e. The zero-order chi connectivity index (χ0) is 14.2. The summed E-state index contributed by atoms with van der Waals surface area (Å²) >= 11 is 5.45. The van der Waals surface area contributed by atoms with Crippen molar-refractivity contribution in [2.45, 2.75) is 19.4 Å². The number of rotatable bonds is 1. The van der Waals surface area contributed by atoms with Gasteiger partial charge in [0.15, 0.2) is 5.82 Å². The van der Waals surface area contributed by atoms with E-state index in [1.807, 2.05) is 6.92 Å². The number of aliphatic hydroxyl groups is 1. The van der Waals surface area contributed by atoms with Gasteiger partial charge in [0.25, 0.3) is 5.91 Å². The number of β-amino-alcohol motifs (C(OH)–C–C–N with tert-alkyl or cyclic N) is 1. The second-order valence-corrected chi connectivity index (χ2v) is 5.19. The maximum absolute atomic E-state index is 13.8. The first-order valence-electron chi connectivity index (χ1n) is 6.02. The number of amides is 1. The van der Waals surface area contributed by atoms with Gasteiger partial charge in [-0.25, -0.2) is 8.78 Å². The largest absolute Gasteiger partial charge is 0.391 e. The molecule has 1 aromatic carbocycles. The number of hydrogen-bond donors (Lipinski definition) is 1. The minimum absolute atomic E-state index is 0.103. The van der Waals surface area contributed by atoms with Gasteiger partial charge in [0.1, 0.15) is 10.8 Å². The van der Waals surface area contributed by atoms with Crippen molar-refractivity contribution < 1.29 is 18.7 Å². The Morgan fingerprint density at radius 1 is 1.47 bits per heavy atom. The van der Waals surface area contributed by atoms with Gasteiger partial charge in [-0.15, -0.1) is 0 Å². The first-order valence-corrected chi connectivity index (χ1v) is 6.40. The van der Waals surface area contributed by atoms with Gasteiger partial charge >= 0.3 is 0 Å². The quantitative estimate of drug-likeness (QED) is 0.807. The van der Waals surface area contributed by atoms with E-state index < -0.39 is 28.7 Å². The Labute approximate surface area is 114 Å². The third kappa shape index (κ3) is 2.72. The Morgan fingerprint density at radius 3 is 2.79 bits per heavy atom. The molecule has 1 saturated heterocycles. The lowest BCUT2D eigenvalue weighted by molar-refractivity contribution is 0.0246. The molecule has 1 fully saturated rings. The summed E-state index contributed by atoms with van der Waals surface area (Å²) < 4.78 is 26.8. The zero-order valence-electron chi connectivity index (χ0n) is 10.4. The molecule has 2 rings (SSSR count). The highest BCUT2D eigenvalue weighted by atomic mass is 35.5. The summed E-state index contributed by atoms with van der Waals surface area (Å²) in [6.07, 6.45) is 0.0142. The number of piperidine rings is 1. The van der Waals surface area contributed by atoms with Gasteiger partial charge < -0.3 is 10.0 Å². The van der Waals surface area contributed by atoms with Gasteiger partial charge in [-0.05, 0) is 24.5 Å². The lowest BCUT2D eigenvalue weighted by Crippen LogP contribution is -2.46. The maximum Gasteiger partial charge on any atom is 0.256 e. The topological polar surface area (TPSA) is 40.5 Å². The van der Waals surface area contributed by atoms with Gasteiger partial charge in [0.2, 0.25) is 0 Å². The number of carbonyl (C=O) groups is 1. The average molecular weight is 290 g/mol. The third-order valence-corrected chi connectivity index (χ3v) is 3.82. The minimum atomic E-state index is -1.06. The number of aliphatic hydroxyl groups excluding tert-OH is 1. The van der Waals surface area contributed by atoms with Crippen molar-refractivity contribution >= 4 is 17.5 Å². The van der Waals surface area contributed by atoms with Crippen LogP contribution in [-0.4, -0.2) is 35.1 Å². The molecule has 0 radical (unpaired) electrons. The fourth-order valence-corrected chi connectivity index (χ4v) is 2.26. The molecule has 0 unspecified atom stereocenters. The minimum Gasteiger partial charge on any atom is -0.391 e. The fourth-order valence-electron chi connectivity index (χ4n) is 2.09. The van der Waals surface area contributed by atoms with E-state index in [1.165, 1.54) is 4.90 Å². The second-order valence-electron chi connectivity index (χ2n) is 4.81. The molecule has 1 heterocycles. The second kappa shape index (κ2) is 5.43. The number of halogens is 3.